The van der Waals surface area contributed by atoms with Gasteiger partial charge in [-0.05, 0) is 0 Å². The molecule has 0 rings (SSSR count). The van der Waals surface area contributed by atoms with Crippen LogP contribution in [0.1, 0.15) is 0 Å². The summed E-state index contributed by atoms with van der Waals surface area (Å²) in [7, 11) is -13.7. The molecule has 0 saturated carbocycles. The average molecular weight is 1900 g/mol. The minimum Gasteiger partial charge on any atom is -0.549 e. The van der Waals surface area contributed by atoms with E-state index in [2.05, 4.69) is 0 Å². The van der Waals surface area contributed by atoms with Crippen LogP contribution in [0.3, 0.4) is 0 Å². The second-order valence-corrected chi connectivity index (χ2v) is 22.3. The topological polar surface area (TPSA) is 683 Å². The van der Waals surface area contributed by atoms with Gasteiger partial charge in [0.15, 0.2) is 0 Å². The van der Waals surface area contributed by atoms with Crippen molar-refractivity contribution in [1.82, 2.24) is 44.1 Å². The van der Waals surface area contributed by atoms with E-state index in [1.165, 1.54) is 0 Å². The fourth-order valence-electron chi connectivity index (χ4n) is 6.71. The molecule has 88 heavy (non-hydrogen) atoms. The monoisotopic (exact) mass is 1910 g/mol. The molecule has 0 amide bonds. The van der Waals surface area contributed by atoms with Crippen LogP contribution >= 0.6 is 22.8 Å². The fourth-order valence-corrected chi connectivity index (χ4v) is 9.13. The predicted octanol–water partition coefficient (Wildman–Crippen LogP) is -23.9. The van der Waals surface area contributed by atoms with Crippen molar-refractivity contribution < 1.29 is 322 Å². The summed E-state index contributed by atoms with van der Waals surface area (Å²) in [4.78, 5) is 191. The number of rotatable bonds is 48. The van der Waals surface area contributed by atoms with Gasteiger partial charge in [-0.1, -0.05) is 0 Å². The Labute approximate surface area is 628 Å². The Bertz CT molecular complexity index is 1880. The van der Waals surface area contributed by atoms with Gasteiger partial charge in [0.2, 0.25) is 0 Å². The number of carbonyl (C=O) groups is 12. The number of hydrogen-bond donors (Lipinski definition) is 6. The normalized spacial score (nSPS) is 11.4. The largest absolute Gasteiger partial charge is 3.00 e. The van der Waals surface area contributed by atoms with E-state index in [0.29, 0.717) is 0 Å². The summed E-state index contributed by atoms with van der Waals surface area (Å²) in [6.45, 7) is -11.9. The molecule has 0 aromatic rings. The van der Waals surface area contributed by atoms with Crippen LogP contribution in [0.4, 0.5) is 0 Å². The quantitative estimate of drug-likeness (QED) is 0.0308. The first-order valence-corrected chi connectivity index (χ1v) is 28.8. The maximum absolute atomic E-state index is 11.3. The molecule has 0 bridgehead atoms. The number of carboxylic acid groups (broad SMARTS) is 12. The van der Waals surface area contributed by atoms with Crippen LogP contribution in [0.25, 0.3) is 0 Å². The van der Waals surface area contributed by atoms with Gasteiger partial charge in [0.25, 0.3) is 0 Å². The molecular weight excluding hydrogens is 1840 g/mol. The van der Waals surface area contributed by atoms with Gasteiger partial charge in [-0.15, -0.1) is 0 Å². The molecule has 0 aliphatic heterocycles. The Morgan fingerprint density at radius 3 is 0.352 bits per heavy atom. The summed E-state index contributed by atoms with van der Waals surface area (Å²) in [5.41, 5.74) is 0. The second-order valence-electron chi connectivity index (χ2n) is 17.5. The number of nitrogens with zero attached hydrogens (tertiary/aromatic N) is 9. The molecule has 0 aromatic carbocycles. The molecule has 0 unspecified atom stereocenters. The molecule has 0 saturated heterocycles. The van der Waals surface area contributed by atoms with Gasteiger partial charge in [-0.25, -0.2) is 0 Å². The third kappa shape index (κ3) is 70.9. The van der Waals surface area contributed by atoms with E-state index >= 15 is 0 Å². The van der Waals surface area contributed by atoms with Gasteiger partial charge in [0.05, 0.1) is 71.6 Å². The first-order valence-electron chi connectivity index (χ1n) is 23.4. The third-order valence-corrected chi connectivity index (χ3v) is 12.1. The first kappa shape index (κ1) is 101. The fraction of sp³-hybridized carbons (Fsp3) is 0.692. The summed E-state index contributed by atoms with van der Waals surface area (Å²) in [5.74, 6) is -18.9. The average Bonchev–Trinajstić information content (AvgIpc) is 3.25. The minimum atomic E-state index is -4.58. The molecule has 42 nitrogen and oxygen atoms in total. The van der Waals surface area contributed by atoms with E-state index in [-0.39, 0.29) is 238 Å². The summed E-state index contributed by atoms with van der Waals surface area (Å²) in [5, 5.41) is 128. The van der Waals surface area contributed by atoms with E-state index in [9.17, 15) is 133 Å². The van der Waals surface area contributed by atoms with Crippen molar-refractivity contribution in [2.24, 2.45) is 0 Å². The van der Waals surface area contributed by atoms with Crippen molar-refractivity contribution in [3.8, 4) is 0 Å². The standard InChI is InChI=1S/3C13H24N3O11P.4Gd/c3*17-10(18)5-15(6-11(19)20)3-1-14(9-28(25,26)27)2-4-16(7-12(21)22)8-13(23)24;;;;/h3*1-9H2,(H,17,18)(H,19,20)(H,21,22)(H,23,24)(H2,25,26,27);;;;/q;;;4*+3/p-12. The van der Waals surface area contributed by atoms with Gasteiger partial charge in [0.1, 0.15) is 18.9 Å². The molecule has 6 N–H and O–H groups in total. The molecule has 49 heteroatoms. The molecule has 0 aromatic heterocycles. The van der Waals surface area contributed by atoms with Gasteiger partial charge < -0.3 is 148 Å². The molecule has 0 aliphatic rings. The summed E-state index contributed by atoms with van der Waals surface area (Å²) in [6.07, 6.45) is -2.41. The first-order chi connectivity index (χ1) is 38.3. The van der Waals surface area contributed by atoms with Crippen molar-refractivity contribution in [1.29, 1.82) is 0 Å². The summed E-state index contributed by atoms with van der Waals surface area (Å²) < 4.78 is 33.8. The molecule has 506 valence electrons. The van der Waals surface area contributed by atoms with Crippen LogP contribution in [0.2, 0.25) is 0 Å². The van der Waals surface area contributed by atoms with Crippen LogP contribution in [0.5, 0.6) is 0 Å². The summed E-state index contributed by atoms with van der Waals surface area (Å²) >= 11 is 0. The van der Waals surface area contributed by atoms with E-state index in [1.807, 2.05) is 0 Å². The SMILES string of the molecule is O=C([O-])CN(CCN(CCN(CC(=O)[O-])CC(=O)[O-])CP(=O)(O)O)CC(=O)[O-].O=C([O-])CN(CCN(CCN(CC(=O)[O-])CC(=O)[O-])CP(=O)(O)O)CC(=O)[O-].O=C([O-])CN(CCN(CCN(CC(=O)[O-])CC(=O)[O-])CP(=O)(O)O)CC(=O)[O-].[Gd+3].[Gd+3].[Gd+3].[Gd+3]. The van der Waals surface area contributed by atoms with Gasteiger partial charge >= 0.3 is 183 Å². The van der Waals surface area contributed by atoms with Gasteiger partial charge in [-0.2, -0.15) is 0 Å². The van der Waals surface area contributed by atoms with Crippen LogP contribution in [0, 0.1) is 160 Å². The molecule has 0 aliphatic carbocycles. The van der Waals surface area contributed by atoms with Crippen LogP contribution in [0.15, 0.2) is 0 Å². The van der Waals surface area contributed by atoms with Crippen LogP contribution in [-0.2, 0) is 71.2 Å². The van der Waals surface area contributed by atoms with E-state index in [4.69, 9.17) is 29.4 Å². The zero-order valence-electron chi connectivity index (χ0n) is 45.6. The predicted molar refractivity (Wildman–Crippen MR) is 244 cm³/mol. The van der Waals surface area contributed by atoms with Gasteiger partial charge in [-0.3, -0.25) is 57.8 Å². The van der Waals surface area contributed by atoms with Crippen molar-refractivity contribution in [2.75, 3.05) is 176 Å². The third-order valence-electron chi connectivity index (χ3n) is 9.78. The van der Waals surface area contributed by atoms with E-state index < -0.39 is 192 Å². The molecule has 0 heterocycles. The molecule has 0 spiro atoms. The van der Waals surface area contributed by atoms with Crippen molar-refractivity contribution in [3.05, 3.63) is 0 Å². The Hall–Kier alpha value is -0.971. The minimum absolute atomic E-state index is 0. The Balaban J connectivity index is -0.000000219. The number of carboxylic acids is 12. The maximum Gasteiger partial charge on any atom is 3.00 e. The summed E-state index contributed by atoms with van der Waals surface area (Å²) in [6, 6.07) is 0. The molecular formula is C39H60Gd4N9O33P3. The van der Waals surface area contributed by atoms with Crippen molar-refractivity contribution >= 4 is 94.4 Å². The molecule has 0 atom stereocenters. The zero-order valence-corrected chi connectivity index (χ0v) is 57.3. The number of aliphatic carboxylic acids is 12. The number of hydrogen-bond acceptors (Lipinski definition) is 36. The Morgan fingerprint density at radius 2 is 0.284 bits per heavy atom. The van der Waals surface area contributed by atoms with Crippen molar-refractivity contribution in [3.63, 3.8) is 0 Å². The molecule has 4 radical (unpaired) electrons. The van der Waals surface area contributed by atoms with Gasteiger partial charge in [0, 0.05) is 157 Å². The molecule has 0 fully saturated rings. The van der Waals surface area contributed by atoms with Crippen LogP contribution in [-0.4, -0.2) is 321 Å². The maximum atomic E-state index is 11.3. The van der Waals surface area contributed by atoms with Crippen molar-refractivity contribution in [2.45, 2.75) is 0 Å². The van der Waals surface area contributed by atoms with E-state index in [1.54, 1.807) is 0 Å². The second kappa shape index (κ2) is 54.3. The zero-order chi connectivity index (χ0) is 65.7. The Kier molecular flexibility index (Phi) is 62.1. The smallest absolute Gasteiger partial charge is 0.549 e. The Morgan fingerprint density at radius 1 is 0.205 bits per heavy atom. The van der Waals surface area contributed by atoms with E-state index in [0.717, 1.165) is 44.1 Å². The van der Waals surface area contributed by atoms with Crippen LogP contribution < -0.4 is 61.3 Å². The number of carbonyl (C=O) groups excluding carboxylic acids is 12.